The van der Waals surface area contributed by atoms with Crippen molar-refractivity contribution in [1.29, 1.82) is 0 Å². The third-order valence-corrected chi connectivity index (χ3v) is 12.5. The quantitative estimate of drug-likeness (QED) is 0.165. The van der Waals surface area contributed by atoms with E-state index in [0.717, 1.165) is 34.0 Å². The highest BCUT2D eigenvalue weighted by molar-refractivity contribution is 6.29. The van der Waals surface area contributed by atoms with Crippen LogP contribution in [0.3, 0.4) is 0 Å². The molecule has 1 unspecified atom stereocenters. The Balaban J connectivity index is 1.11. The topological polar surface area (TPSA) is 25.5 Å². The second kappa shape index (κ2) is 14.1. The van der Waals surface area contributed by atoms with Gasteiger partial charge in [0, 0.05) is 45.5 Å². The number of para-hydroxylation sites is 2. The molecule has 0 saturated heterocycles. The largest absolute Gasteiger partial charge is 0.349 e. The van der Waals surface area contributed by atoms with Crippen LogP contribution < -0.4 is 0 Å². The summed E-state index contributed by atoms with van der Waals surface area (Å²) in [6.07, 6.45) is 2.30. The average Bonchev–Trinajstić information content (AvgIpc) is 3.85. The minimum absolute atomic E-state index is 0.00134. The van der Waals surface area contributed by atoms with Crippen molar-refractivity contribution in [3.8, 4) is 22.5 Å². The van der Waals surface area contributed by atoms with E-state index in [1.165, 1.54) is 71.1 Å². The highest BCUT2D eigenvalue weighted by Crippen LogP contribution is 2.44. The number of nitrogens with zero attached hydrogens (tertiary/aromatic N) is 4. The van der Waals surface area contributed by atoms with Crippen LogP contribution >= 0.6 is 0 Å². The molecule has 2 aromatic heterocycles. The highest BCUT2D eigenvalue weighted by Gasteiger charge is 2.28. The standard InChI is InChI=1S/C57H40N4/c1-59-54(40-22-9-4-10-23-40)37-49(39-20-7-3-8-21-39)58-57(59)48-36-44(35-42-24-11-12-27-45(42)48)61-51-31-16-14-29-47(51)56-53(61)33-32-52-55(56)46-28-13-15-30-50(46)60(52)43-26-17-25-41(34-43)38-18-5-2-6-19-38/h2-37,54H,1H3. The first kappa shape index (κ1) is 35.0. The molecule has 61 heavy (non-hydrogen) atoms. The third kappa shape index (κ3) is 5.64. The van der Waals surface area contributed by atoms with Crippen LogP contribution in [0.5, 0.6) is 0 Å². The fraction of sp³-hybridized carbons (Fsp3) is 0.0351. The Morgan fingerprint density at radius 3 is 1.62 bits per heavy atom. The molecule has 0 bridgehead atoms. The first-order chi connectivity index (χ1) is 30.2. The molecule has 1 atom stereocenters. The van der Waals surface area contributed by atoms with Gasteiger partial charge in [-0.2, -0.15) is 0 Å². The SMILES string of the molecule is CN1C(c2cc(-n3c4ccccc4c4c5c6ccccc6n(-c6cccc(-c7ccccc7)c6)c5ccc43)cc3ccccc23)=NC(c2ccccc2)=CC1c1ccccc1. The van der Waals surface area contributed by atoms with Crippen molar-refractivity contribution in [2.45, 2.75) is 6.04 Å². The molecular formula is C57H40N4. The van der Waals surface area contributed by atoms with Crippen molar-refractivity contribution >= 4 is 65.9 Å². The van der Waals surface area contributed by atoms with Crippen LogP contribution in [0.25, 0.3) is 82.6 Å². The number of rotatable bonds is 6. The predicted molar refractivity (Wildman–Crippen MR) is 256 cm³/mol. The zero-order valence-corrected chi connectivity index (χ0v) is 33.7. The maximum absolute atomic E-state index is 5.50. The summed E-state index contributed by atoms with van der Waals surface area (Å²) in [4.78, 5) is 7.84. The summed E-state index contributed by atoms with van der Waals surface area (Å²) in [7, 11) is 2.18. The number of hydrogen-bond donors (Lipinski definition) is 0. The molecule has 4 heteroatoms. The number of benzene rings is 9. The van der Waals surface area contributed by atoms with E-state index in [2.05, 4.69) is 239 Å². The molecule has 3 heterocycles. The van der Waals surface area contributed by atoms with Crippen molar-refractivity contribution in [2.24, 2.45) is 4.99 Å². The van der Waals surface area contributed by atoms with E-state index in [1.807, 2.05) is 0 Å². The van der Waals surface area contributed by atoms with Gasteiger partial charge in [0.1, 0.15) is 5.84 Å². The van der Waals surface area contributed by atoms with Gasteiger partial charge in [0.25, 0.3) is 0 Å². The van der Waals surface area contributed by atoms with Crippen LogP contribution in [0.15, 0.2) is 223 Å². The van der Waals surface area contributed by atoms with E-state index >= 15 is 0 Å². The molecule has 1 aliphatic rings. The third-order valence-electron chi connectivity index (χ3n) is 12.5. The summed E-state index contributed by atoms with van der Waals surface area (Å²) in [5.41, 5.74) is 13.8. The molecular weight excluding hydrogens is 741 g/mol. The van der Waals surface area contributed by atoms with Crippen molar-refractivity contribution < 1.29 is 0 Å². The first-order valence-corrected chi connectivity index (χ1v) is 21.0. The number of aromatic nitrogens is 2. The van der Waals surface area contributed by atoms with Gasteiger partial charge in [0.05, 0.1) is 33.8 Å². The van der Waals surface area contributed by atoms with E-state index in [0.29, 0.717) is 0 Å². The molecule has 12 rings (SSSR count). The van der Waals surface area contributed by atoms with Gasteiger partial charge in [-0.15, -0.1) is 0 Å². The number of fused-ring (bicyclic) bond motifs is 8. The van der Waals surface area contributed by atoms with Crippen molar-refractivity contribution in [2.75, 3.05) is 7.05 Å². The van der Waals surface area contributed by atoms with E-state index in [1.54, 1.807) is 0 Å². The number of aliphatic imine (C=N–C) groups is 1. The van der Waals surface area contributed by atoms with Crippen LogP contribution in [0.4, 0.5) is 0 Å². The van der Waals surface area contributed by atoms with Gasteiger partial charge in [-0.1, -0.05) is 164 Å². The fourth-order valence-corrected chi connectivity index (χ4v) is 9.75. The van der Waals surface area contributed by atoms with Gasteiger partial charge < -0.3 is 14.0 Å². The summed E-state index contributed by atoms with van der Waals surface area (Å²) in [5.74, 6) is 0.942. The lowest BCUT2D eigenvalue weighted by atomic mass is 9.96. The maximum Gasteiger partial charge on any atom is 0.137 e. The molecule has 0 spiro atoms. The monoisotopic (exact) mass is 780 g/mol. The maximum atomic E-state index is 5.50. The Hall–Kier alpha value is -7.95. The number of hydrogen-bond acceptors (Lipinski definition) is 2. The van der Waals surface area contributed by atoms with E-state index in [9.17, 15) is 0 Å². The Morgan fingerprint density at radius 2 is 0.951 bits per heavy atom. The molecule has 0 saturated carbocycles. The minimum Gasteiger partial charge on any atom is -0.349 e. The molecule has 0 radical (unpaired) electrons. The van der Waals surface area contributed by atoms with Crippen LogP contribution in [-0.2, 0) is 0 Å². The highest BCUT2D eigenvalue weighted by atomic mass is 15.2. The van der Waals surface area contributed by atoms with Crippen molar-refractivity contribution in [3.63, 3.8) is 0 Å². The molecule has 9 aromatic carbocycles. The Labute approximate surface area is 354 Å². The average molecular weight is 781 g/mol. The molecule has 4 nitrogen and oxygen atoms in total. The van der Waals surface area contributed by atoms with E-state index in [4.69, 9.17) is 4.99 Å². The second-order valence-electron chi connectivity index (χ2n) is 16.0. The lowest BCUT2D eigenvalue weighted by Crippen LogP contribution is -2.33. The van der Waals surface area contributed by atoms with Gasteiger partial charge in [-0.3, -0.25) is 0 Å². The summed E-state index contributed by atoms with van der Waals surface area (Å²) in [5, 5.41) is 7.31. The van der Waals surface area contributed by atoms with Gasteiger partial charge in [0.2, 0.25) is 0 Å². The minimum atomic E-state index is -0.00134. The normalized spacial score (nSPS) is 14.3. The lowest BCUT2D eigenvalue weighted by Gasteiger charge is -2.34. The Morgan fingerprint density at radius 1 is 0.410 bits per heavy atom. The van der Waals surface area contributed by atoms with Crippen LogP contribution in [0.2, 0.25) is 0 Å². The molecule has 0 fully saturated rings. The number of amidine groups is 1. The molecule has 11 aromatic rings. The van der Waals surface area contributed by atoms with E-state index in [-0.39, 0.29) is 6.04 Å². The molecule has 1 aliphatic heterocycles. The van der Waals surface area contributed by atoms with Crippen molar-refractivity contribution in [1.82, 2.24) is 14.0 Å². The Bertz CT molecular complexity index is 3540. The van der Waals surface area contributed by atoms with Gasteiger partial charge in [0.15, 0.2) is 0 Å². The zero-order valence-electron chi connectivity index (χ0n) is 33.7. The van der Waals surface area contributed by atoms with Crippen LogP contribution in [0.1, 0.15) is 22.7 Å². The molecule has 0 amide bonds. The molecule has 288 valence electrons. The fourth-order valence-electron chi connectivity index (χ4n) is 9.75. The lowest BCUT2D eigenvalue weighted by molar-refractivity contribution is 0.435. The summed E-state index contributed by atoms with van der Waals surface area (Å²) >= 11 is 0. The predicted octanol–water partition coefficient (Wildman–Crippen LogP) is 14.2. The summed E-state index contributed by atoms with van der Waals surface area (Å²) < 4.78 is 4.91. The number of likely N-dealkylation sites (N-methyl/N-ethyl adjacent to an activating group) is 1. The van der Waals surface area contributed by atoms with Crippen LogP contribution in [0, 0.1) is 0 Å². The smallest absolute Gasteiger partial charge is 0.137 e. The zero-order chi connectivity index (χ0) is 40.4. The first-order valence-electron chi connectivity index (χ1n) is 21.0. The van der Waals surface area contributed by atoms with Gasteiger partial charge in [-0.05, 0) is 87.6 Å². The van der Waals surface area contributed by atoms with E-state index < -0.39 is 0 Å². The van der Waals surface area contributed by atoms with Crippen LogP contribution in [-0.4, -0.2) is 26.9 Å². The molecule has 0 N–H and O–H groups in total. The van der Waals surface area contributed by atoms with Gasteiger partial charge >= 0.3 is 0 Å². The Kier molecular flexibility index (Phi) is 8.10. The second-order valence-corrected chi connectivity index (χ2v) is 16.0. The van der Waals surface area contributed by atoms with Gasteiger partial charge in [-0.25, -0.2) is 4.99 Å². The molecule has 0 aliphatic carbocycles. The summed E-state index contributed by atoms with van der Waals surface area (Å²) in [6, 6.07) is 76.8. The van der Waals surface area contributed by atoms with Crippen molar-refractivity contribution in [3.05, 3.63) is 235 Å². The summed E-state index contributed by atoms with van der Waals surface area (Å²) in [6.45, 7) is 0.